The number of rotatable bonds is 5. The van der Waals surface area contributed by atoms with Crippen molar-refractivity contribution < 1.29 is 17.6 Å². The van der Waals surface area contributed by atoms with Crippen LogP contribution in [-0.4, -0.2) is 20.1 Å². The molecule has 0 atom stereocenters. The molecule has 0 spiro atoms. The second-order valence-electron chi connectivity index (χ2n) is 5.63. The van der Waals surface area contributed by atoms with Gasteiger partial charge in [-0.3, -0.25) is 4.79 Å². The van der Waals surface area contributed by atoms with Crippen molar-refractivity contribution in [3.63, 3.8) is 0 Å². The zero-order valence-electron chi connectivity index (χ0n) is 13.3. The van der Waals surface area contributed by atoms with Gasteiger partial charge in [0.1, 0.15) is 5.82 Å². The first kappa shape index (κ1) is 17.1. The van der Waals surface area contributed by atoms with Gasteiger partial charge < -0.3 is 5.32 Å². The molecule has 0 bridgehead atoms. The number of hydrogen-bond acceptors (Lipinski definition) is 3. The molecule has 0 aliphatic carbocycles. The van der Waals surface area contributed by atoms with Crippen LogP contribution in [0.3, 0.4) is 0 Å². The molecule has 4 nitrogen and oxygen atoms in total. The predicted molar refractivity (Wildman–Crippen MR) is 95.6 cm³/mol. The number of fused-ring (bicyclic) bond motifs is 1. The smallest absolute Gasteiger partial charge is 0.225 e. The third-order valence-electron chi connectivity index (χ3n) is 3.80. The van der Waals surface area contributed by atoms with Crippen molar-refractivity contribution in [2.75, 3.05) is 11.1 Å². The monoisotopic (exact) mass is 357 g/mol. The summed E-state index contributed by atoms with van der Waals surface area (Å²) in [6.45, 7) is 0. The number of carbonyl (C=O) groups excluding carboxylic acids is 1. The summed E-state index contributed by atoms with van der Waals surface area (Å²) in [4.78, 5) is 12.1. The summed E-state index contributed by atoms with van der Waals surface area (Å²) in [6.07, 6.45) is -0.174. The van der Waals surface area contributed by atoms with Gasteiger partial charge in [0.25, 0.3) is 0 Å². The van der Waals surface area contributed by atoms with Gasteiger partial charge >= 0.3 is 0 Å². The highest BCUT2D eigenvalue weighted by atomic mass is 32.2. The first-order chi connectivity index (χ1) is 11.9. The Balaban J connectivity index is 1.64. The lowest BCUT2D eigenvalue weighted by Gasteiger charge is -2.07. The minimum atomic E-state index is -3.63. The Labute approximate surface area is 145 Å². The number of amides is 1. The van der Waals surface area contributed by atoms with Crippen molar-refractivity contribution in [2.45, 2.75) is 11.3 Å². The predicted octanol–water partition coefficient (Wildman–Crippen LogP) is 3.78. The lowest BCUT2D eigenvalue weighted by atomic mass is 10.1. The van der Waals surface area contributed by atoms with E-state index in [1.54, 1.807) is 6.07 Å². The Morgan fingerprint density at radius 2 is 1.60 bits per heavy atom. The number of carbonyl (C=O) groups is 1. The van der Waals surface area contributed by atoms with Crippen LogP contribution < -0.4 is 5.32 Å². The summed E-state index contributed by atoms with van der Waals surface area (Å²) in [5.74, 6) is -1.23. The molecule has 6 heteroatoms. The zero-order chi connectivity index (χ0) is 17.9. The van der Waals surface area contributed by atoms with Gasteiger partial charge in [-0.25, -0.2) is 12.8 Å². The Hall–Kier alpha value is -2.73. The Morgan fingerprint density at radius 3 is 2.32 bits per heavy atom. The van der Waals surface area contributed by atoms with Crippen LogP contribution in [0.2, 0.25) is 0 Å². The average molecular weight is 357 g/mol. The lowest BCUT2D eigenvalue weighted by molar-refractivity contribution is -0.115. The van der Waals surface area contributed by atoms with Crippen molar-refractivity contribution in [1.82, 2.24) is 0 Å². The molecule has 0 unspecified atom stereocenters. The minimum absolute atomic E-state index is 0.00686. The fourth-order valence-corrected chi connectivity index (χ4v) is 3.72. The van der Waals surface area contributed by atoms with Crippen LogP contribution in [0.15, 0.2) is 71.6 Å². The maximum atomic E-state index is 12.9. The third-order valence-corrected chi connectivity index (χ3v) is 5.54. The van der Waals surface area contributed by atoms with Crippen LogP contribution in [0.25, 0.3) is 10.8 Å². The molecule has 3 rings (SSSR count). The number of hydrogen-bond donors (Lipinski definition) is 1. The van der Waals surface area contributed by atoms with Crippen LogP contribution in [0, 0.1) is 5.82 Å². The fraction of sp³-hybridized carbons (Fsp3) is 0.105. The van der Waals surface area contributed by atoms with Gasteiger partial charge in [-0.05, 0) is 47.2 Å². The number of nitrogens with one attached hydrogen (secondary N) is 1. The van der Waals surface area contributed by atoms with Gasteiger partial charge in [-0.15, -0.1) is 0 Å². The summed E-state index contributed by atoms with van der Waals surface area (Å²) in [7, 11) is -3.63. The summed E-state index contributed by atoms with van der Waals surface area (Å²) in [6, 6.07) is 17.8. The second kappa shape index (κ2) is 7.03. The molecular weight excluding hydrogens is 341 g/mol. The van der Waals surface area contributed by atoms with E-state index >= 15 is 0 Å². The molecule has 0 aliphatic heterocycles. The molecule has 1 N–H and O–H groups in total. The first-order valence-corrected chi connectivity index (χ1v) is 9.36. The van der Waals surface area contributed by atoms with Gasteiger partial charge in [-0.1, -0.05) is 30.3 Å². The Bertz CT molecular complexity index is 1010. The summed E-state index contributed by atoms with van der Waals surface area (Å²) < 4.78 is 37.2. The highest BCUT2D eigenvalue weighted by Crippen LogP contribution is 2.19. The molecule has 128 valence electrons. The summed E-state index contributed by atoms with van der Waals surface area (Å²) in [5, 5.41) is 4.74. The van der Waals surface area contributed by atoms with E-state index in [9.17, 15) is 17.6 Å². The molecular formula is C19H16FNO3S. The van der Waals surface area contributed by atoms with E-state index in [2.05, 4.69) is 5.32 Å². The van der Waals surface area contributed by atoms with E-state index < -0.39 is 15.7 Å². The van der Waals surface area contributed by atoms with E-state index in [1.165, 1.54) is 12.1 Å². The first-order valence-electron chi connectivity index (χ1n) is 7.71. The van der Waals surface area contributed by atoms with Crippen LogP contribution in [0.4, 0.5) is 10.1 Å². The number of benzene rings is 3. The molecule has 0 saturated carbocycles. The topological polar surface area (TPSA) is 63.2 Å². The standard InChI is InChI=1S/C19H16FNO3S/c20-16-6-9-18(10-7-16)25(23,24)12-11-19(22)21-17-8-5-14-3-1-2-4-15(14)13-17/h1-10,13H,11-12H2,(H,21,22). The van der Waals surface area contributed by atoms with Gasteiger partial charge in [0.2, 0.25) is 5.91 Å². The van der Waals surface area contributed by atoms with E-state index in [-0.39, 0.29) is 23.0 Å². The summed E-state index contributed by atoms with van der Waals surface area (Å²) in [5.41, 5.74) is 0.614. The highest BCUT2D eigenvalue weighted by molar-refractivity contribution is 7.91. The van der Waals surface area contributed by atoms with Gasteiger partial charge in [-0.2, -0.15) is 0 Å². The normalized spacial score (nSPS) is 11.4. The molecule has 1 amide bonds. The fourth-order valence-electron chi connectivity index (χ4n) is 2.48. The Kier molecular flexibility index (Phi) is 4.81. The van der Waals surface area contributed by atoms with Crippen LogP contribution in [0.1, 0.15) is 6.42 Å². The van der Waals surface area contributed by atoms with E-state index in [4.69, 9.17) is 0 Å². The zero-order valence-corrected chi connectivity index (χ0v) is 14.1. The maximum Gasteiger partial charge on any atom is 0.225 e. The summed E-state index contributed by atoms with van der Waals surface area (Å²) >= 11 is 0. The number of anilines is 1. The molecule has 0 aliphatic rings. The van der Waals surface area contributed by atoms with Gasteiger partial charge in [0, 0.05) is 12.1 Å². The van der Waals surface area contributed by atoms with Crippen molar-refractivity contribution in [3.8, 4) is 0 Å². The molecule has 0 saturated heterocycles. The molecule has 0 fully saturated rings. The largest absolute Gasteiger partial charge is 0.326 e. The number of halogens is 1. The van der Waals surface area contributed by atoms with Crippen LogP contribution in [0.5, 0.6) is 0 Å². The molecule has 3 aromatic carbocycles. The van der Waals surface area contributed by atoms with Crippen molar-refractivity contribution in [2.24, 2.45) is 0 Å². The molecule has 0 heterocycles. The van der Waals surface area contributed by atoms with E-state index in [0.717, 1.165) is 22.9 Å². The number of sulfone groups is 1. The van der Waals surface area contributed by atoms with Crippen LogP contribution in [-0.2, 0) is 14.6 Å². The maximum absolute atomic E-state index is 12.9. The van der Waals surface area contributed by atoms with Crippen LogP contribution >= 0.6 is 0 Å². The molecule has 0 aromatic heterocycles. The molecule has 25 heavy (non-hydrogen) atoms. The van der Waals surface area contributed by atoms with E-state index in [1.807, 2.05) is 36.4 Å². The van der Waals surface area contributed by atoms with Crippen molar-refractivity contribution >= 4 is 32.2 Å². The molecule has 3 aromatic rings. The third kappa shape index (κ3) is 4.22. The highest BCUT2D eigenvalue weighted by Gasteiger charge is 2.16. The average Bonchev–Trinajstić information content (AvgIpc) is 2.60. The van der Waals surface area contributed by atoms with Gasteiger partial charge in [0.15, 0.2) is 9.84 Å². The van der Waals surface area contributed by atoms with Crippen molar-refractivity contribution in [1.29, 1.82) is 0 Å². The minimum Gasteiger partial charge on any atom is -0.326 e. The SMILES string of the molecule is O=C(CCS(=O)(=O)c1ccc(F)cc1)Nc1ccc2ccccc2c1. The molecule has 0 radical (unpaired) electrons. The van der Waals surface area contributed by atoms with E-state index in [0.29, 0.717) is 5.69 Å². The lowest BCUT2D eigenvalue weighted by Crippen LogP contribution is -2.17. The Morgan fingerprint density at radius 1 is 0.920 bits per heavy atom. The van der Waals surface area contributed by atoms with Crippen molar-refractivity contribution in [3.05, 3.63) is 72.5 Å². The quantitative estimate of drug-likeness (QED) is 0.707. The van der Waals surface area contributed by atoms with Gasteiger partial charge in [0.05, 0.1) is 10.6 Å². The second-order valence-corrected chi connectivity index (χ2v) is 7.74.